The Labute approximate surface area is 310 Å². The molecule has 0 aliphatic carbocycles. The molecule has 0 aromatic rings. The topological polar surface area (TPSA) is 175 Å². The molecule has 6 heterocycles. The van der Waals surface area contributed by atoms with E-state index in [0.717, 1.165) is 0 Å². The molecule has 34 heteroatoms. The molecule has 4 unspecified atom stereocenters. The van der Waals surface area contributed by atoms with E-state index < -0.39 is 126 Å². The zero-order chi connectivity index (χ0) is 36.3. The molecule has 6 fully saturated rings. The molecule has 4 atom stereocenters. The molecule has 6 aliphatic heterocycles. The Hall–Kier alpha value is 1.89. The first-order chi connectivity index (χ1) is 22.5. The second-order valence-corrected chi connectivity index (χ2v) is 46.8. The molecular formula is C15H39O19Si15. The molecule has 0 aromatic heterocycles. The molecule has 0 saturated carbocycles. The standard InChI is InChI=1S/C15H39O19Si15/c1-36(2)17-44-24-42(13)23-43(16-14-15-35)26-46(28-44,19-38(5)6)32-49(22-41(11)12)33-47(27-43,20-39(7)8)29-45(25-42,18-37(3)4)31-48(30-44,34-49)21-40(9)10/h1-13H3. The first-order valence-corrected chi connectivity index (χ1v) is 43.4. The van der Waals surface area contributed by atoms with E-state index in [9.17, 15) is 0 Å². The van der Waals surface area contributed by atoms with Crippen molar-refractivity contribution in [2.45, 2.75) is 85.1 Å². The molecule has 9 radical (unpaired) electrons. The fraction of sp³-hybridized carbons (Fsp3) is 0.867. The average Bonchev–Trinajstić information content (AvgIpc) is 2.79. The van der Waals surface area contributed by atoms with Crippen molar-refractivity contribution in [2.24, 2.45) is 0 Å². The summed E-state index contributed by atoms with van der Waals surface area (Å²) in [5, 5.41) is 0. The predicted molar refractivity (Wildman–Crippen MR) is 191 cm³/mol. The van der Waals surface area contributed by atoms with Crippen LogP contribution in [0.25, 0.3) is 0 Å². The van der Waals surface area contributed by atoms with Crippen LogP contribution in [-0.2, 0) is 78.5 Å². The fourth-order valence-corrected chi connectivity index (χ4v) is 56.6. The van der Waals surface area contributed by atoms with E-state index in [4.69, 9.17) is 78.5 Å². The summed E-state index contributed by atoms with van der Waals surface area (Å²) in [5.41, 5.74) is 2.49. The second kappa shape index (κ2) is 15.1. The van der Waals surface area contributed by atoms with Gasteiger partial charge in [-0.15, -0.1) is 0 Å². The van der Waals surface area contributed by atoms with E-state index in [1.807, 2.05) is 78.6 Å². The Morgan fingerprint density at radius 3 is 0.796 bits per heavy atom. The summed E-state index contributed by atoms with van der Waals surface area (Å²) in [6.45, 7) is 23.8. The number of hydrogen-bond acceptors (Lipinski definition) is 19. The quantitative estimate of drug-likeness (QED) is 0.185. The number of rotatable bonds is 13. The summed E-state index contributed by atoms with van der Waals surface area (Å²) in [5.74, 6) is 0. The third kappa shape index (κ3) is 9.65. The van der Waals surface area contributed by atoms with Crippen LogP contribution in [0, 0.1) is 11.7 Å². The summed E-state index contributed by atoms with van der Waals surface area (Å²) in [6, 6.07) is 0. The van der Waals surface area contributed by atoms with Crippen LogP contribution in [0.3, 0.4) is 0 Å². The largest absolute Gasteiger partial charge is 0.739 e. The van der Waals surface area contributed by atoms with E-state index in [1.54, 1.807) is 6.55 Å². The Morgan fingerprint density at radius 2 is 0.571 bits per heavy atom. The van der Waals surface area contributed by atoms with Gasteiger partial charge in [0.25, 0.3) is 0 Å². The second-order valence-electron chi connectivity index (χ2n) is 12.0. The minimum Gasteiger partial charge on any atom is -0.431 e. The van der Waals surface area contributed by atoms with Crippen LogP contribution in [0.1, 0.15) is 0 Å². The summed E-state index contributed by atoms with van der Waals surface area (Å²) >= 11 is 0. The van der Waals surface area contributed by atoms with Gasteiger partial charge in [-0.1, -0.05) is 5.54 Å². The highest BCUT2D eigenvalue weighted by Crippen LogP contribution is 2.50. The van der Waals surface area contributed by atoms with Gasteiger partial charge in [0.2, 0.25) is 0 Å². The third-order valence-corrected chi connectivity index (χ3v) is 47.1. The lowest BCUT2D eigenvalue weighted by atomic mass is 11.3. The van der Waals surface area contributed by atoms with Gasteiger partial charge in [-0.3, -0.25) is 0 Å². The maximum atomic E-state index is 6.92. The highest BCUT2D eigenvalue weighted by molar-refractivity contribution is 7.01. The van der Waals surface area contributed by atoms with Crippen molar-refractivity contribution in [1.82, 2.24) is 0 Å². The molecule has 0 aromatic carbocycles. The van der Waals surface area contributed by atoms with Crippen molar-refractivity contribution >= 4 is 137 Å². The summed E-state index contributed by atoms with van der Waals surface area (Å²) in [6.07, 6.45) is 2.47. The van der Waals surface area contributed by atoms with Gasteiger partial charge in [0, 0.05) is 6.55 Å². The minimum absolute atomic E-state index is 1.54. The van der Waals surface area contributed by atoms with E-state index in [2.05, 4.69) is 21.9 Å². The van der Waals surface area contributed by atoms with E-state index in [1.165, 1.54) is 0 Å². The van der Waals surface area contributed by atoms with E-state index in [-0.39, 0.29) is 0 Å². The van der Waals surface area contributed by atoms with E-state index in [0.29, 0.717) is 0 Å². The Kier molecular flexibility index (Phi) is 13.0. The third-order valence-electron chi connectivity index (χ3n) is 5.38. The molecule has 0 spiro atoms. The van der Waals surface area contributed by atoms with Crippen molar-refractivity contribution in [3.05, 3.63) is 0 Å². The van der Waals surface area contributed by atoms with Gasteiger partial charge >= 0.3 is 72.1 Å². The first kappa shape index (κ1) is 42.0. The van der Waals surface area contributed by atoms with Gasteiger partial charge in [0.15, 0.2) is 64.5 Å². The molecule has 6 aliphatic rings. The van der Waals surface area contributed by atoms with E-state index >= 15 is 0 Å². The van der Waals surface area contributed by atoms with Crippen LogP contribution in [0.4, 0.5) is 0 Å². The summed E-state index contributed by atoms with van der Waals surface area (Å²) in [7, 11) is -44.9. The van der Waals surface area contributed by atoms with Gasteiger partial charge in [-0.05, 0) is 78.6 Å². The lowest BCUT2D eigenvalue weighted by Gasteiger charge is -2.58. The Balaban J connectivity index is 1.93. The summed E-state index contributed by atoms with van der Waals surface area (Å²) < 4.78 is 128. The normalized spacial score (nSPS) is 43.2. The molecule has 0 N–H and O–H groups in total. The van der Waals surface area contributed by atoms with Crippen LogP contribution in [0.15, 0.2) is 0 Å². The average molecular weight is 945 g/mol. The maximum Gasteiger partial charge on any atom is 0.739 e. The zero-order valence-electron chi connectivity index (χ0n) is 29.3. The molecule has 0 amide bonds. The SMILES string of the molecule is C[Si](C)O[Si]12O[Si]3(C)O[Si]4(OC#C[Si])O[Si](O[Si](C)C)(O1)O[Si]1(O[Si](C)C)O[Si](O[Si](C)C)(O4)O[Si](O[Si](C)C)(O3)O[Si](O[Si](C)C)(O2)O1. The van der Waals surface area contributed by atoms with Crippen molar-refractivity contribution in [1.29, 1.82) is 0 Å². The summed E-state index contributed by atoms with van der Waals surface area (Å²) in [4.78, 5) is 0. The Morgan fingerprint density at radius 1 is 0.367 bits per heavy atom. The van der Waals surface area contributed by atoms with Crippen molar-refractivity contribution in [3.63, 3.8) is 0 Å². The molecule has 6 saturated heterocycles. The van der Waals surface area contributed by atoms with Gasteiger partial charge in [0.1, 0.15) is 0 Å². The Bertz CT molecular complexity index is 1220. The van der Waals surface area contributed by atoms with Crippen LogP contribution in [0.2, 0.25) is 85.1 Å². The van der Waals surface area contributed by atoms with Crippen molar-refractivity contribution in [3.8, 4) is 11.7 Å². The maximum absolute atomic E-state index is 6.92. The van der Waals surface area contributed by atoms with Crippen LogP contribution in [0.5, 0.6) is 0 Å². The molecule has 19 nitrogen and oxygen atoms in total. The van der Waals surface area contributed by atoms with Crippen LogP contribution < -0.4 is 0 Å². The number of hydrogen-bond donors (Lipinski definition) is 0. The lowest BCUT2D eigenvalue weighted by molar-refractivity contribution is -0.118. The highest BCUT2D eigenvalue weighted by Gasteiger charge is 2.90. The molecule has 8 bridgehead atoms. The zero-order valence-corrected chi connectivity index (χ0v) is 44.3. The lowest BCUT2D eigenvalue weighted by Crippen LogP contribution is -2.91. The van der Waals surface area contributed by atoms with Crippen LogP contribution >= 0.6 is 0 Å². The van der Waals surface area contributed by atoms with Crippen molar-refractivity contribution in [2.75, 3.05) is 0 Å². The van der Waals surface area contributed by atoms with Crippen LogP contribution in [-0.4, -0.2) is 137 Å². The monoisotopic (exact) mass is 943 g/mol. The molecule has 6 rings (SSSR count). The fourth-order valence-electron chi connectivity index (χ4n) is 4.58. The highest BCUT2D eigenvalue weighted by atomic mass is 28.7. The van der Waals surface area contributed by atoms with Gasteiger partial charge < -0.3 is 78.5 Å². The minimum atomic E-state index is -4.83. The van der Waals surface area contributed by atoms with Gasteiger partial charge in [-0.2, -0.15) is 0 Å². The van der Waals surface area contributed by atoms with Crippen molar-refractivity contribution < 1.29 is 78.5 Å². The molecular weight excluding hydrogens is 905 g/mol. The molecule has 49 heavy (non-hydrogen) atoms. The smallest absolute Gasteiger partial charge is 0.431 e. The molecule has 273 valence electrons. The van der Waals surface area contributed by atoms with Gasteiger partial charge in [-0.25, -0.2) is 0 Å². The van der Waals surface area contributed by atoms with Gasteiger partial charge in [0.05, 0.1) is 6.11 Å². The first-order valence-electron chi connectivity index (χ1n) is 14.8. The predicted octanol–water partition coefficient (Wildman–Crippen LogP) is 0.581.